The summed E-state index contributed by atoms with van der Waals surface area (Å²) in [5.41, 5.74) is 1.64. The van der Waals surface area contributed by atoms with Crippen LogP contribution in [0.5, 0.6) is 11.8 Å². The second-order valence-electron chi connectivity index (χ2n) is 2.97. The summed E-state index contributed by atoms with van der Waals surface area (Å²) in [6.07, 6.45) is 3.09. The summed E-state index contributed by atoms with van der Waals surface area (Å²) in [7, 11) is 0. The van der Waals surface area contributed by atoms with Gasteiger partial charge in [-0.1, -0.05) is 0 Å². The minimum Gasteiger partial charge on any atom is -0.417 e. The lowest BCUT2D eigenvalue weighted by Crippen LogP contribution is -1.92. The van der Waals surface area contributed by atoms with Crippen molar-refractivity contribution in [3.8, 4) is 11.8 Å². The van der Waals surface area contributed by atoms with Gasteiger partial charge in [0.25, 0.3) is 0 Å². The Morgan fingerprint density at radius 2 is 2.20 bits per heavy atom. The average Bonchev–Trinajstić information content (AvgIpc) is 2.65. The van der Waals surface area contributed by atoms with Crippen LogP contribution in [0.25, 0.3) is 0 Å². The highest BCUT2D eigenvalue weighted by Gasteiger charge is 2.02. The van der Waals surface area contributed by atoms with E-state index in [1.807, 2.05) is 6.92 Å². The van der Waals surface area contributed by atoms with E-state index in [1.54, 1.807) is 12.3 Å². The van der Waals surface area contributed by atoms with Gasteiger partial charge in [-0.25, -0.2) is 4.98 Å². The number of aromatic nitrogens is 4. The van der Waals surface area contributed by atoms with E-state index in [2.05, 4.69) is 20.2 Å². The van der Waals surface area contributed by atoms with Gasteiger partial charge in [0, 0.05) is 11.8 Å². The molecule has 0 radical (unpaired) electrons. The zero-order chi connectivity index (χ0) is 10.7. The lowest BCUT2D eigenvalue weighted by molar-refractivity contribution is 0.440. The van der Waals surface area contributed by atoms with Crippen molar-refractivity contribution in [3.05, 3.63) is 29.8 Å². The fraction of sp³-hybridized carbons (Fsp3) is 0.222. The smallest absolute Gasteiger partial charge is 0.240 e. The zero-order valence-electron chi connectivity index (χ0n) is 8.07. The van der Waals surface area contributed by atoms with Crippen LogP contribution in [-0.2, 0) is 5.88 Å². The Balaban J connectivity index is 2.11. The first-order valence-corrected chi connectivity index (χ1v) is 4.88. The first kappa shape index (κ1) is 9.92. The van der Waals surface area contributed by atoms with Crippen LogP contribution in [0.1, 0.15) is 11.4 Å². The Morgan fingerprint density at radius 3 is 2.73 bits per heavy atom. The van der Waals surface area contributed by atoms with Crippen LogP contribution < -0.4 is 4.74 Å². The number of hydrogen-bond acceptors (Lipinski definition) is 4. The van der Waals surface area contributed by atoms with E-state index >= 15 is 0 Å². The molecule has 0 atom stereocenters. The molecule has 2 heterocycles. The molecule has 2 rings (SSSR count). The molecular weight excluding hydrogens is 216 g/mol. The Kier molecular flexibility index (Phi) is 2.82. The molecule has 0 saturated carbocycles. The molecule has 0 aromatic carbocycles. The van der Waals surface area contributed by atoms with Crippen molar-refractivity contribution >= 4 is 11.6 Å². The van der Waals surface area contributed by atoms with Crippen LogP contribution >= 0.6 is 11.6 Å². The molecule has 2 aromatic heterocycles. The van der Waals surface area contributed by atoms with Crippen molar-refractivity contribution < 1.29 is 4.74 Å². The maximum Gasteiger partial charge on any atom is 0.240 e. The van der Waals surface area contributed by atoms with Crippen LogP contribution in [0, 0.1) is 6.92 Å². The molecule has 2 aromatic rings. The van der Waals surface area contributed by atoms with E-state index in [0.717, 1.165) is 5.69 Å². The quantitative estimate of drug-likeness (QED) is 0.811. The van der Waals surface area contributed by atoms with Gasteiger partial charge < -0.3 is 4.74 Å². The van der Waals surface area contributed by atoms with E-state index in [9.17, 15) is 0 Å². The number of aryl methyl sites for hydroxylation is 1. The molecule has 0 bridgehead atoms. The Labute approximate surface area is 91.5 Å². The second kappa shape index (κ2) is 4.27. The van der Waals surface area contributed by atoms with Crippen molar-refractivity contribution in [2.24, 2.45) is 0 Å². The van der Waals surface area contributed by atoms with Crippen molar-refractivity contribution in [2.45, 2.75) is 12.8 Å². The number of rotatable bonds is 3. The van der Waals surface area contributed by atoms with Crippen LogP contribution in [0.4, 0.5) is 0 Å². The van der Waals surface area contributed by atoms with Gasteiger partial charge in [-0.05, 0) is 6.92 Å². The highest BCUT2D eigenvalue weighted by Crippen LogP contribution is 2.16. The molecule has 78 valence electrons. The summed E-state index contributed by atoms with van der Waals surface area (Å²) >= 11 is 5.58. The lowest BCUT2D eigenvalue weighted by Gasteiger charge is -1.99. The van der Waals surface area contributed by atoms with Crippen LogP contribution in [0.2, 0.25) is 0 Å². The molecule has 0 fully saturated rings. The molecule has 6 heteroatoms. The fourth-order valence-electron chi connectivity index (χ4n) is 1.02. The molecule has 0 spiro atoms. The molecule has 1 N–H and O–H groups in total. The molecular formula is C9H9ClN4O. The summed E-state index contributed by atoms with van der Waals surface area (Å²) in [5.74, 6) is 1.21. The van der Waals surface area contributed by atoms with Crippen molar-refractivity contribution in [1.82, 2.24) is 20.2 Å². The van der Waals surface area contributed by atoms with E-state index in [-0.39, 0.29) is 0 Å². The van der Waals surface area contributed by atoms with Gasteiger partial charge in [-0.15, -0.1) is 16.7 Å². The summed E-state index contributed by atoms with van der Waals surface area (Å²) in [6, 6.07) is 1.77. The Morgan fingerprint density at radius 1 is 1.33 bits per heavy atom. The highest BCUT2D eigenvalue weighted by atomic mass is 35.5. The third-order valence-corrected chi connectivity index (χ3v) is 1.98. The maximum absolute atomic E-state index is 5.58. The van der Waals surface area contributed by atoms with Crippen molar-refractivity contribution in [2.75, 3.05) is 0 Å². The molecule has 0 saturated heterocycles. The van der Waals surface area contributed by atoms with Gasteiger partial charge in [-0.2, -0.15) is 0 Å². The second-order valence-corrected chi connectivity index (χ2v) is 3.24. The average molecular weight is 225 g/mol. The largest absolute Gasteiger partial charge is 0.417 e. The first-order valence-electron chi connectivity index (χ1n) is 4.34. The number of alkyl halides is 1. The molecule has 5 nitrogen and oxygen atoms in total. The number of halogens is 1. The molecule has 0 amide bonds. The number of ether oxygens (including phenoxy) is 1. The zero-order valence-corrected chi connectivity index (χ0v) is 8.82. The normalized spacial score (nSPS) is 10.3. The number of nitrogens with one attached hydrogen (secondary N) is 1. The van der Waals surface area contributed by atoms with Crippen LogP contribution in [0.3, 0.4) is 0 Å². The Bertz CT molecular complexity index is 440. The Hall–Kier alpha value is -1.62. The van der Waals surface area contributed by atoms with Gasteiger partial charge >= 0.3 is 0 Å². The van der Waals surface area contributed by atoms with Gasteiger partial charge in [0.05, 0.1) is 24.0 Å². The van der Waals surface area contributed by atoms with E-state index in [1.165, 1.54) is 6.20 Å². The number of hydrogen-bond donors (Lipinski definition) is 1. The topological polar surface area (TPSA) is 63.7 Å². The summed E-state index contributed by atoms with van der Waals surface area (Å²) < 4.78 is 5.34. The van der Waals surface area contributed by atoms with E-state index in [0.29, 0.717) is 23.3 Å². The van der Waals surface area contributed by atoms with Crippen molar-refractivity contribution in [3.63, 3.8) is 0 Å². The summed E-state index contributed by atoms with van der Waals surface area (Å²) in [6.45, 7) is 1.89. The van der Waals surface area contributed by atoms with Crippen LogP contribution in [0.15, 0.2) is 18.5 Å². The summed E-state index contributed by atoms with van der Waals surface area (Å²) in [4.78, 5) is 8.07. The number of aromatic amines is 1. The summed E-state index contributed by atoms with van der Waals surface area (Å²) in [5, 5.41) is 6.68. The lowest BCUT2D eigenvalue weighted by atomic mass is 10.5. The molecule has 0 unspecified atom stereocenters. The van der Waals surface area contributed by atoms with Crippen molar-refractivity contribution in [1.29, 1.82) is 0 Å². The number of nitrogens with zero attached hydrogens (tertiary/aromatic N) is 3. The monoisotopic (exact) mass is 224 g/mol. The third kappa shape index (κ3) is 2.44. The SMILES string of the molecule is Cc1cc(Oc2cnc(CCl)cn2)n[nH]1. The number of H-pyrrole nitrogens is 1. The fourth-order valence-corrected chi connectivity index (χ4v) is 1.16. The molecule has 15 heavy (non-hydrogen) atoms. The minimum atomic E-state index is 0.342. The molecule has 0 aliphatic heterocycles. The van der Waals surface area contributed by atoms with E-state index in [4.69, 9.17) is 16.3 Å². The molecule has 0 aliphatic carbocycles. The highest BCUT2D eigenvalue weighted by molar-refractivity contribution is 6.16. The third-order valence-electron chi connectivity index (χ3n) is 1.71. The molecule has 0 aliphatic rings. The van der Waals surface area contributed by atoms with Gasteiger partial charge in [0.1, 0.15) is 0 Å². The van der Waals surface area contributed by atoms with Gasteiger partial charge in [0.2, 0.25) is 11.8 Å². The van der Waals surface area contributed by atoms with E-state index < -0.39 is 0 Å². The van der Waals surface area contributed by atoms with Crippen LogP contribution in [-0.4, -0.2) is 20.2 Å². The predicted octanol–water partition coefficient (Wildman–Crippen LogP) is 2.04. The standard InChI is InChI=1S/C9H9ClN4O/c1-6-2-8(14-13-6)15-9-5-11-7(3-10)4-12-9/h2,4-5H,3H2,1H3,(H,13,14). The maximum atomic E-state index is 5.58. The minimum absolute atomic E-state index is 0.342. The van der Waals surface area contributed by atoms with Gasteiger partial charge in [-0.3, -0.25) is 10.1 Å². The van der Waals surface area contributed by atoms with Gasteiger partial charge in [0.15, 0.2) is 0 Å². The predicted molar refractivity (Wildman–Crippen MR) is 55.0 cm³/mol. The first-order chi connectivity index (χ1) is 7.28.